The van der Waals surface area contributed by atoms with Crippen molar-refractivity contribution in [3.63, 3.8) is 0 Å². The molecule has 0 saturated carbocycles. The second-order valence-corrected chi connectivity index (χ2v) is 4.97. The Kier molecular flexibility index (Phi) is 3.62. The molecule has 0 bridgehead atoms. The Balaban J connectivity index is 1.59. The van der Waals surface area contributed by atoms with Gasteiger partial charge in [0.25, 0.3) is 0 Å². The lowest BCUT2D eigenvalue weighted by Gasteiger charge is -1.99. The monoisotopic (exact) mass is 271 g/mol. The van der Waals surface area contributed by atoms with E-state index >= 15 is 0 Å². The van der Waals surface area contributed by atoms with E-state index in [0.717, 1.165) is 22.9 Å². The topological polar surface area (TPSA) is 55.6 Å². The molecule has 6 heteroatoms. The van der Waals surface area contributed by atoms with E-state index in [1.165, 1.54) is 0 Å². The number of rotatable bonds is 5. The molecule has 3 rings (SSSR count). The first-order chi connectivity index (χ1) is 9.42. The van der Waals surface area contributed by atoms with Crippen LogP contribution in [0, 0.1) is 0 Å². The summed E-state index contributed by atoms with van der Waals surface area (Å²) in [7, 11) is 0. The quantitative estimate of drug-likeness (QED) is 0.771. The Hall–Kier alpha value is -2.05. The third-order valence-corrected chi connectivity index (χ3v) is 3.37. The summed E-state index contributed by atoms with van der Waals surface area (Å²) in [4.78, 5) is 5.85. The van der Waals surface area contributed by atoms with E-state index in [1.807, 2.05) is 41.9 Å². The average molecular weight is 271 g/mol. The molecule has 0 radical (unpaired) electrons. The number of benzene rings is 1. The van der Waals surface area contributed by atoms with Crippen molar-refractivity contribution < 1.29 is 0 Å². The van der Waals surface area contributed by atoms with Gasteiger partial charge >= 0.3 is 0 Å². The lowest BCUT2D eigenvalue weighted by Crippen LogP contribution is -2.13. The van der Waals surface area contributed by atoms with Crippen LogP contribution in [0.3, 0.4) is 0 Å². The maximum atomic E-state index is 4.43. The van der Waals surface area contributed by atoms with E-state index in [2.05, 4.69) is 20.5 Å². The molecule has 0 fully saturated rings. The highest BCUT2D eigenvalue weighted by Crippen LogP contribution is 2.05. The van der Waals surface area contributed by atoms with Gasteiger partial charge < -0.3 is 5.32 Å². The van der Waals surface area contributed by atoms with Gasteiger partial charge in [-0.25, -0.2) is 4.98 Å². The molecule has 19 heavy (non-hydrogen) atoms. The van der Waals surface area contributed by atoms with Crippen molar-refractivity contribution >= 4 is 11.3 Å². The van der Waals surface area contributed by atoms with Crippen molar-refractivity contribution in [2.45, 2.75) is 13.1 Å². The summed E-state index contributed by atoms with van der Waals surface area (Å²) >= 11 is 1.65. The second-order valence-electron chi connectivity index (χ2n) is 3.99. The molecule has 0 unspecified atom stereocenters. The molecule has 0 aliphatic heterocycles. The number of hydrogen-bond acceptors (Lipinski definition) is 5. The van der Waals surface area contributed by atoms with Gasteiger partial charge in [0, 0.05) is 24.7 Å². The fourth-order valence-electron chi connectivity index (χ4n) is 1.70. The first-order valence-corrected chi connectivity index (χ1v) is 6.85. The molecule has 0 atom stereocenters. The van der Waals surface area contributed by atoms with E-state index in [4.69, 9.17) is 0 Å². The highest BCUT2D eigenvalue weighted by atomic mass is 32.1. The molecule has 3 aromatic rings. The predicted octanol–water partition coefficient (Wildman–Crippen LogP) is 2.01. The van der Waals surface area contributed by atoms with Crippen molar-refractivity contribution in [2.24, 2.45) is 0 Å². The molecule has 2 aromatic heterocycles. The summed E-state index contributed by atoms with van der Waals surface area (Å²) in [5, 5.41) is 15.0. The summed E-state index contributed by atoms with van der Waals surface area (Å²) in [6.07, 6.45) is 3.59. The summed E-state index contributed by atoms with van der Waals surface area (Å²) in [5.41, 5.74) is 1.88. The van der Waals surface area contributed by atoms with Crippen LogP contribution in [0.5, 0.6) is 0 Å². The molecular formula is C13H13N5S. The van der Waals surface area contributed by atoms with Gasteiger partial charge in [-0.15, -0.1) is 11.3 Å². The van der Waals surface area contributed by atoms with Gasteiger partial charge in [-0.05, 0) is 12.1 Å². The molecular weight excluding hydrogens is 258 g/mol. The Morgan fingerprint density at radius 3 is 2.84 bits per heavy atom. The number of aromatic nitrogens is 4. The van der Waals surface area contributed by atoms with Crippen molar-refractivity contribution in [2.75, 3.05) is 0 Å². The third kappa shape index (κ3) is 3.04. The van der Waals surface area contributed by atoms with E-state index < -0.39 is 0 Å². The minimum absolute atomic E-state index is 0.687. The molecule has 0 amide bonds. The van der Waals surface area contributed by atoms with Crippen molar-refractivity contribution in [3.05, 3.63) is 58.8 Å². The van der Waals surface area contributed by atoms with Crippen LogP contribution in [0.4, 0.5) is 0 Å². The zero-order valence-corrected chi connectivity index (χ0v) is 11.0. The van der Waals surface area contributed by atoms with Gasteiger partial charge in [-0.3, -0.25) is 0 Å². The smallest absolute Gasteiger partial charge is 0.106 e. The van der Waals surface area contributed by atoms with Gasteiger partial charge in [0.05, 0.1) is 17.6 Å². The van der Waals surface area contributed by atoms with E-state index in [0.29, 0.717) is 6.54 Å². The number of para-hydroxylation sites is 1. The maximum Gasteiger partial charge on any atom is 0.106 e. The molecule has 5 nitrogen and oxygen atoms in total. The lowest BCUT2D eigenvalue weighted by molar-refractivity contribution is 0.660. The van der Waals surface area contributed by atoms with Crippen LogP contribution >= 0.6 is 11.3 Å². The van der Waals surface area contributed by atoms with Crippen LogP contribution < -0.4 is 5.32 Å². The average Bonchev–Trinajstić information content (AvgIpc) is 3.11. The standard InChI is InChI=1S/C13H13N5S/c1-2-4-12(5-3-1)18-16-9-11(17-18)8-14-10-13-15-6-7-19-13/h1-7,9,14H,8,10H2. The zero-order valence-electron chi connectivity index (χ0n) is 10.2. The minimum Gasteiger partial charge on any atom is -0.305 e. The fourth-order valence-corrected chi connectivity index (χ4v) is 2.29. The maximum absolute atomic E-state index is 4.43. The SMILES string of the molecule is c1ccc(-n2ncc(CNCc3nccs3)n2)cc1. The summed E-state index contributed by atoms with van der Waals surface area (Å²) in [6, 6.07) is 9.88. The highest BCUT2D eigenvalue weighted by molar-refractivity contribution is 7.09. The van der Waals surface area contributed by atoms with Crippen LogP contribution in [0.2, 0.25) is 0 Å². The largest absolute Gasteiger partial charge is 0.305 e. The van der Waals surface area contributed by atoms with E-state index in [-0.39, 0.29) is 0 Å². The van der Waals surface area contributed by atoms with Gasteiger partial charge in [0.2, 0.25) is 0 Å². The van der Waals surface area contributed by atoms with Gasteiger partial charge in [0.15, 0.2) is 0 Å². The zero-order chi connectivity index (χ0) is 12.9. The second kappa shape index (κ2) is 5.73. The normalized spacial score (nSPS) is 10.7. The molecule has 0 spiro atoms. The third-order valence-electron chi connectivity index (χ3n) is 2.59. The molecule has 96 valence electrons. The Bertz CT molecular complexity index is 618. The number of nitrogens with zero attached hydrogens (tertiary/aromatic N) is 4. The summed E-state index contributed by atoms with van der Waals surface area (Å²) in [6.45, 7) is 1.45. The van der Waals surface area contributed by atoms with Gasteiger partial charge in [-0.2, -0.15) is 15.0 Å². The van der Waals surface area contributed by atoms with Crippen LogP contribution in [0.15, 0.2) is 48.1 Å². The number of hydrogen-bond donors (Lipinski definition) is 1. The fraction of sp³-hybridized carbons (Fsp3) is 0.154. The van der Waals surface area contributed by atoms with Crippen molar-refractivity contribution in [3.8, 4) is 5.69 Å². The van der Waals surface area contributed by atoms with Crippen LogP contribution in [-0.4, -0.2) is 20.0 Å². The molecule has 0 saturated heterocycles. The number of thiazole rings is 1. The molecule has 1 aromatic carbocycles. The Morgan fingerprint density at radius 2 is 2.05 bits per heavy atom. The Morgan fingerprint density at radius 1 is 1.16 bits per heavy atom. The highest BCUT2D eigenvalue weighted by Gasteiger charge is 2.02. The molecule has 0 aliphatic carbocycles. The molecule has 2 heterocycles. The molecule has 0 aliphatic rings. The Labute approximate surface area is 114 Å². The van der Waals surface area contributed by atoms with E-state index in [9.17, 15) is 0 Å². The van der Waals surface area contributed by atoms with Crippen LogP contribution in [0.25, 0.3) is 5.69 Å². The van der Waals surface area contributed by atoms with Crippen LogP contribution in [0.1, 0.15) is 10.7 Å². The van der Waals surface area contributed by atoms with Gasteiger partial charge in [-0.1, -0.05) is 18.2 Å². The number of nitrogens with one attached hydrogen (secondary N) is 1. The van der Waals surface area contributed by atoms with Crippen molar-refractivity contribution in [1.82, 2.24) is 25.3 Å². The van der Waals surface area contributed by atoms with E-state index in [1.54, 1.807) is 22.3 Å². The summed E-state index contributed by atoms with van der Waals surface area (Å²) in [5.74, 6) is 0. The first-order valence-electron chi connectivity index (χ1n) is 5.97. The van der Waals surface area contributed by atoms with Crippen LogP contribution in [-0.2, 0) is 13.1 Å². The predicted molar refractivity (Wildman–Crippen MR) is 74.0 cm³/mol. The van der Waals surface area contributed by atoms with Crippen molar-refractivity contribution in [1.29, 1.82) is 0 Å². The lowest BCUT2D eigenvalue weighted by atomic mass is 10.3. The summed E-state index contributed by atoms with van der Waals surface area (Å²) < 4.78 is 0. The van der Waals surface area contributed by atoms with Gasteiger partial charge in [0.1, 0.15) is 5.01 Å². The molecule has 1 N–H and O–H groups in total. The first kappa shape index (κ1) is 12.0. The minimum atomic E-state index is 0.687.